The van der Waals surface area contributed by atoms with Crippen LogP contribution in [0.1, 0.15) is 5.56 Å². The van der Waals surface area contributed by atoms with Crippen LogP contribution in [-0.2, 0) is 11.3 Å². The van der Waals surface area contributed by atoms with Crippen molar-refractivity contribution in [3.63, 3.8) is 0 Å². The Morgan fingerprint density at radius 3 is 2.71 bits per heavy atom. The number of benzene rings is 2. The fourth-order valence-corrected chi connectivity index (χ4v) is 2.23. The van der Waals surface area contributed by atoms with E-state index in [-0.39, 0.29) is 0 Å². The molecule has 0 spiro atoms. The van der Waals surface area contributed by atoms with E-state index in [4.69, 9.17) is 5.90 Å². The summed E-state index contributed by atoms with van der Waals surface area (Å²) in [5.74, 6) is 5.05. The van der Waals surface area contributed by atoms with Crippen LogP contribution in [0.15, 0.2) is 42.5 Å². The van der Waals surface area contributed by atoms with Crippen LogP contribution in [-0.4, -0.2) is 11.6 Å². The van der Waals surface area contributed by atoms with Crippen LogP contribution in [0.2, 0.25) is 0 Å². The number of hydrogen-bond acceptors (Lipinski definition) is 2. The zero-order chi connectivity index (χ0) is 11.7. The molecule has 0 fully saturated rings. The summed E-state index contributed by atoms with van der Waals surface area (Å²) < 4.78 is 0. The summed E-state index contributed by atoms with van der Waals surface area (Å²) in [6.45, 7) is 0.549. The standard InChI is InChI=1S/C14H14N2O/c15-17-8-7-10-5-6-14-12(9-10)11-3-1-2-4-13(11)16-14/h1-6,9,16H,7-8,15H2. The van der Waals surface area contributed by atoms with E-state index >= 15 is 0 Å². The fraction of sp³-hybridized carbons (Fsp3) is 0.143. The number of aromatic amines is 1. The number of nitrogens with two attached hydrogens (primary N) is 1. The largest absolute Gasteiger partial charge is 0.355 e. The maximum absolute atomic E-state index is 5.05. The van der Waals surface area contributed by atoms with Crippen LogP contribution >= 0.6 is 0 Å². The third kappa shape index (κ3) is 1.79. The highest BCUT2D eigenvalue weighted by atomic mass is 16.6. The normalized spacial score (nSPS) is 11.4. The highest BCUT2D eigenvalue weighted by Crippen LogP contribution is 2.26. The van der Waals surface area contributed by atoms with Crippen LogP contribution in [0.25, 0.3) is 21.8 Å². The van der Waals surface area contributed by atoms with Gasteiger partial charge in [-0.05, 0) is 30.2 Å². The zero-order valence-electron chi connectivity index (χ0n) is 9.44. The maximum atomic E-state index is 5.05. The molecule has 0 amide bonds. The lowest BCUT2D eigenvalue weighted by molar-refractivity contribution is 0.141. The van der Waals surface area contributed by atoms with E-state index in [1.165, 1.54) is 27.4 Å². The molecular weight excluding hydrogens is 212 g/mol. The second-order valence-corrected chi connectivity index (χ2v) is 4.17. The summed E-state index contributed by atoms with van der Waals surface area (Å²) in [7, 11) is 0. The molecule has 1 aromatic heterocycles. The first-order chi connectivity index (χ1) is 8.38. The van der Waals surface area contributed by atoms with Crippen molar-refractivity contribution in [1.29, 1.82) is 0 Å². The van der Waals surface area contributed by atoms with Gasteiger partial charge in [0.25, 0.3) is 0 Å². The number of rotatable bonds is 3. The molecule has 0 saturated carbocycles. The molecule has 17 heavy (non-hydrogen) atoms. The van der Waals surface area contributed by atoms with Crippen molar-refractivity contribution in [3.05, 3.63) is 48.0 Å². The number of aromatic nitrogens is 1. The lowest BCUT2D eigenvalue weighted by atomic mass is 10.1. The Kier molecular flexibility index (Phi) is 2.55. The van der Waals surface area contributed by atoms with Gasteiger partial charge in [-0.3, -0.25) is 0 Å². The van der Waals surface area contributed by atoms with Gasteiger partial charge in [0.1, 0.15) is 0 Å². The number of para-hydroxylation sites is 1. The molecule has 3 nitrogen and oxygen atoms in total. The molecule has 86 valence electrons. The highest BCUT2D eigenvalue weighted by Gasteiger charge is 2.04. The van der Waals surface area contributed by atoms with E-state index in [1.54, 1.807) is 0 Å². The van der Waals surface area contributed by atoms with Crippen LogP contribution in [0.5, 0.6) is 0 Å². The Morgan fingerprint density at radius 1 is 1.00 bits per heavy atom. The number of hydrogen-bond donors (Lipinski definition) is 2. The van der Waals surface area contributed by atoms with E-state index in [0.717, 1.165) is 6.42 Å². The second kappa shape index (κ2) is 4.20. The maximum Gasteiger partial charge on any atom is 0.0719 e. The molecule has 0 saturated heterocycles. The second-order valence-electron chi connectivity index (χ2n) is 4.17. The fourth-order valence-electron chi connectivity index (χ4n) is 2.23. The van der Waals surface area contributed by atoms with Gasteiger partial charge in [0.2, 0.25) is 0 Å². The summed E-state index contributed by atoms with van der Waals surface area (Å²) in [4.78, 5) is 8.02. The van der Waals surface area contributed by atoms with Gasteiger partial charge in [0.15, 0.2) is 0 Å². The Morgan fingerprint density at radius 2 is 1.82 bits per heavy atom. The first-order valence-electron chi connectivity index (χ1n) is 5.69. The van der Waals surface area contributed by atoms with Crippen LogP contribution in [0.4, 0.5) is 0 Å². The first kappa shape index (κ1) is 10.3. The monoisotopic (exact) mass is 226 g/mol. The third-order valence-electron chi connectivity index (χ3n) is 3.08. The summed E-state index contributed by atoms with van der Waals surface area (Å²) in [6.07, 6.45) is 0.839. The summed E-state index contributed by atoms with van der Waals surface area (Å²) >= 11 is 0. The summed E-state index contributed by atoms with van der Waals surface area (Å²) in [5.41, 5.74) is 3.59. The Balaban J connectivity index is 2.16. The molecule has 0 unspecified atom stereocenters. The van der Waals surface area contributed by atoms with E-state index in [2.05, 4.69) is 46.2 Å². The Bertz CT molecular complexity index is 657. The van der Waals surface area contributed by atoms with Gasteiger partial charge in [-0.1, -0.05) is 24.3 Å². The summed E-state index contributed by atoms with van der Waals surface area (Å²) in [5, 5.41) is 2.52. The lowest BCUT2D eigenvalue weighted by Crippen LogP contribution is -2.03. The quantitative estimate of drug-likeness (QED) is 0.675. The SMILES string of the molecule is NOCCc1ccc2[nH]c3ccccc3c2c1. The molecule has 0 atom stereocenters. The van der Waals surface area contributed by atoms with Gasteiger partial charge in [-0.2, -0.15) is 0 Å². The lowest BCUT2D eigenvalue weighted by Gasteiger charge is -2.00. The number of H-pyrrole nitrogens is 1. The van der Waals surface area contributed by atoms with Gasteiger partial charge in [0, 0.05) is 21.8 Å². The predicted molar refractivity (Wildman–Crippen MR) is 69.6 cm³/mol. The number of fused-ring (bicyclic) bond motifs is 3. The third-order valence-corrected chi connectivity index (χ3v) is 3.08. The smallest absolute Gasteiger partial charge is 0.0719 e. The molecule has 0 aliphatic rings. The van der Waals surface area contributed by atoms with Crippen molar-refractivity contribution in [2.75, 3.05) is 6.61 Å². The van der Waals surface area contributed by atoms with Crippen LogP contribution < -0.4 is 5.90 Å². The minimum Gasteiger partial charge on any atom is -0.355 e. The average molecular weight is 226 g/mol. The van der Waals surface area contributed by atoms with E-state index in [9.17, 15) is 0 Å². The Labute approximate surface area is 99.1 Å². The molecule has 0 radical (unpaired) electrons. The van der Waals surface area contributed by atoms with Crippen LogP contribution in [0.3, 0.4) is 0 Å². The van der Waals surface area contributed by atoms with Gasteiger partial charge >= 0.3 is 0 Å². The molecular formula is C14H14N2O. The number of nitrogens with one attached hydrogen (secondary N) is 1. The van der Waals surface area contributed by atoms with Gasteiger partial charge in [-0.25, -0.2) is 5.90 Å². The van der Waals surface area contributed by atoms with Crippen molar-refractivity contribution in [1.82, 2.24) is 4.98 Å². The van der Waals surface area contributed by atoms with E-state index in [0.29, 0.717) is 6.61 Å². The zero-order valence-corrected chi connectivity index (χ0v) is 9.44. The first-order valence-corrected chi connectivity index (χ1v) is 5.69. The molecule has 0 aliphatic heterocycles. The van der Waals surface area contributed by atoms with Crippen molar-refractivity contribution in [2.45, 2.75) is 6.42 Å². The highest BCUT2D eigenvalue weighted by molar-refractivity contribution is 6.07. The Hall–Kier alpha value is -1.84. The summed E-state index contributed by atoms with van der Waals surface area (Å²) in [6, 6.07) is 14.8. The minimum atomic E-state index is 0.549. The topological polar surface area (TPSA) is 51.0 Å². The van der Waals surface area contributed by atoms with Gasteiger partial charge in [0.05, 0.1) is 6.61 Å². The molecule has 3 aromatic rings. The van der Waals surface area contributed by atoms with Crippen LogP contribution in [0, 0.1) is 0 Å². The molecule has 3 N–H and O–H groups in total. The van der Waals surface area contributed by atoms with Crippen molar-refractivity contribution in [3.8, 4) is 0 Å². The molecule has 0 aliphatic carbocycles. The molecule has 2 aromatic carbocycles. The van der Waals surface area contributed by atoms with E-state index in [1.807, 2.05) is 6.07 Å². The van der Waals surface area contributed by atoms with Crippen molar-refractivity contribution >= 4 is 21.8 Å². The minimum absolute atomic E-state index is 0.549. The molecule has 3 rings (SSSR count). The predicted octanol–water partition coefficient (Wildman–Crippen LogP) is 2.75. The van der Waals surface area contributed by atoms with E-state index < -0.39 is 0 Å². The molecule has 1 heterocycles. The average Bonchev–Trinajstić information content (AvgIpc) is 2.74. The van der Waals surface area contributed by atoms with Crippen molar-refractivity contribution < 1.29 is 4.84 Å². The van der Waals surface area contributed by atoms with Crippen molar-refractivity contribution in [2.24, 2.45) is 5.90 Å². The molecule has 0 bridgehead atoms. The van der Waals surface area contributed by atoms with Gasteiger partial charge < -0.3 is 9.82 Å². The molecule has 3 heteroatoms. The van der Waals surface area contributed by atoms with Gasteiger partial charge in [-0.15, -0.1) is 0 Å².